The predicted molar refractivity (Wildman–Crippen MR) is 112 cm³/mol. The molecule has 2 aromatic carbocycles. The third-order valence-electron chi connectivity index (χ3n) is 4.38. The van der Waals surface area contributed by atoms with E-state index >= 15 is 0 Å². The van der Waals surface area contributed by atoms with E-state index in [-0.39, 0.29) is 5.78 Å². The lowest BCUT2D eigenvalue weighted by Crippen LogP contribution is -2.29. The summed E-state index contributed by atoms with van der Waals surface area (Å²) in [5.41, 5.74) is 1.68. The van der Waals surface area contributed by atoms with Gasteiger partial charge in [0.2, 0.25) is 0 Å². The molecule has 0 unspecified atom stereocenters. The molecule has 1 aliphatic heterocycles. The maximum Gasteiger partial charge on any atom is 0.331 e. The number of ketones is 1. The summed E-state index contributed by atoms with van der Waals surface area (Å²) in [4.78, 5) is 35.8. The van der Waals surface area contributed by atoms with Crippen LogP contribution in [0, 0.1) is 0 Å². The highest BCUT2D eigenvalue weighted by Gasteiger charge is 2.17. The average Bonchev–Trinajstić information content (AvgIpc) is 2.97. The minimum atomic E-state index is -1.01. The van der Waals surface area contributed by atoms with E-state index in [2.05, 4.69) is 5.32 Å². The highest BCUT2D eigenvalue weighted by atomic mass is 16.5. The fourth-order valence-electron chi connectivity index (χ4n) is 2.77. The molecule has 0 spiro atoms. The van der Waals surface area contributed by atoms with Crippen LogP contribution in [-0.4, -0.2) is 37.0 Å². The van der Waals surface area contributed by atoms with Crippen molar-refractivity contribution in [2.45, 2.75) is 26.4 Å². The number of hydrogen-bond acceptors (Lipinski definition) is 6. The van der Waals surface area contributed by atoms with Crippen molar-refractivity contribution < 1.29 is 28.6 Å². The Labute approximate surface area is 174 Å². The first-order valence-corrected chi connectivity index (χ1v) is 9.62. The molecular weight excluding hydrogens is 386 g/mol. The lowest BCUT2D eigenvalue weighted by Gasteiger charge is -2.13. The third kappa shape index (κ3) is 5.70. The van der Waals surface area contributed by atoms with Gasteiger partial charge in [0, 0.05) is 23.7 Å². The Morgan fingerprint density at radius 2 is 1.83 bits per heavy atom. The van der Waals surface area contributed by atoms with Crippen molar-refractivity contribution in [2.75, 3.05) is 18.5 Å². The number of nitrogens with one attached hydrogen (secondary N) is 1. The average molecular weight is 409 g/mol. The van der Waals surface area contributed by atoms with Crippen LogP contribution in [0.15, 0.2) is 48.5 Å². The molecule has 0 saturated carbocycles. The highest BCUT2D eigenvalue weighted by Crippen LogP contribution is 2.30. The monoisotopic (exact) mass is 409 g/mol. The Morgan fingerprint density at radius 3 is 2.60 bits per heavy atom. The SMILES string of the molecule is CC(=O)c1cccc(NC(=O)[C@@H](C)OC(=O)/C=C/c2ccc3c(c2)OCCCO3)c1. The standard InChI is InChI=1S/C23H23NO6/c1-15(25)18-5-3-6-19(14-18)24-23(27)16(2)30-22(26)10-8-17-7-9-20-21(13-17)29-12-4-11-28-20/h3,5-10,13-14,16H,4,11-12H2,1-2H3,(H,24,27)/b10-8+/t16-/m1/s1. The number of hydrogen-bond donors (Lipinski definition) is 1. The van der Waals surface area contributed by atoms with Crippen molar-refractivity contribution in [2.24, 2.45) is 0 Å². The van der Waals surface area contributed by atoms with Crippen LogP contribution in [0.2, 0.25) is 0 Å². The zero-order valence-electron chi connectivity index (χ0n) is 16.8. The molecule has 1 atom stereocenters. The van der Waals surface area contributed by atoms with Crippen LogP contribution < -0.4 is 14.8 Å². The summed E-state index contributed by atoms with van der Waals surface area (Å²) in [6.45, 7) is 4.10. The number of anilines is 1. The number of amides is 1. The van der Waals surface area contributed by atoms with Gasteiger partial charge < -0.3 is 19.5 Å². The van der Waals surface area contributed by atoms with E-state index in [4.69, 9.17) is 14.2 Å². The van der Waals surface area contributed by atoms with Crippen LogP contribution in [0.4, 0.5) is 5.69 Å². The summed E-state index contributed by atoms with van der Waals surface area (Å²) in [5.74, 6) is 0.0515. The Balaban J connectivity index is 1.56. The second kappa shape index (κ2) is 9.73. The molecule has 1 heterocycles. The van der Waals surface area contributed by atoms with Crippen LogP contribution in [-0.2, 0) is 14.3 Å². The molecule has 0 saturated heterocycles. The van der Waals surface area contributed by atoms with E-state index in [1.165, 1.54) is 19.9 Å². The zero-order valence-corrected chi connectivity index (χ0v) is 16.8. The number of fused-ring (bicyclic) bond motifs is 1. The third-order valence-corrected chi connectivity index (χ3v) is 4.38. The first-order valence-electron chi connectivity index (χ1n) is 9.62. The number of Topliss-reactive ketones (excluding diaryl/α,β-unsaturated/α-hetero) is 1. The number of rotatable bonds is 6. The van der Waals surface area contributed by atoms with Gasteiger partial charge in [-0.1, -0.05) is 18.2 Å². The van der Waals surface area contributed by atoms with Crippen molar-refractivity contribution in [1.82, 2.24) is 0 Å². The first kappa shape index (κ1) is 21.1. The van der Waals surface area contributed by atoms with Crippen LogP contribution in [0.3, 0.4) is 0 Å². The normalized spacial score (nSPS) is 13.9. The van der Waals surface area contributed by atoms with Gasteiger partial charge in [0.25, 0.3) is 5.91 Å². The van der Waals surface area contributed by atoms with Gasteiger partial charge in [-0.3, -0.25) is 9.59 Å². The number of carbonyl (C=O) groups is 3. The van der Waals surface area contributed by atoms with Gasteiger partial charge in [-0.05, 0) is 49.8 Å². The molecular formula is C23H23NO6. The van der Waals surface area contributed by atoms with Gasteiger partial charge in [-0.15, -0.1) is 0 Å². The van der Waals surface area contributed by atoms with Gasteiger partial charge >= 0.3 is 5.97 Å². The lowest BCUT2D eigenvalue weighted by molar-refractivity contribution is -0.148. The fraction of sp³-hybridized carbons (Fsp3) is 0.261. The predicted octanol–water partition coefficient (Wildman–Crippen LogP) is 3.63. The Kier molecular flexibility index (Phi) is 6.85. The molecule has 1 N–H and O–H groups in total. The summed E-state index contributed by atoms with van der Waals surface area (Å²) in [5, 5.41) is 2.63. The number of carbonyl (C=O) groups excluding carboxylic acids is 3. The van der Waals surface area contributed by atoms with Crippen molar-refractivity contribution in [3.05, 3.63) is 59.7 Å². The van der Waals surface area contributed by atoms with Crippen LogP contribution in [0.1, 0.15) is 36.2 Å². The maximum absolute atomic E-state index is 12.3. The largest absolute Gasteiger partial charge is 0.490 e. The topological polar surface area (TPSA) is 90.9 Å². The maximum atomic E-state index is 12.3. The number of esters is 1. The molecule has 7 heteroatoms. The zero-order chi connectivity index (χ0) is 21.5. The second-order valence-corrected chi connectivity index (χ2v) is 6.80. The van der Waals surface area contributed by atoms with Crippen molar-refractivity contribution in [3.8, 4) is 11.5 Å². The second-order valence-electron chi connectivity index (χ2n) is 6.80. The Bertz CT molecular complexity index is 981. The molecule has 1 amide bonds. The number of benzene rings is 2. The molecule has 0 aromatic heterocycles. The first-order chi connectivity index (χ1) is 14.4. The molecule has 3 rings (SSSR count). The Hall–Kier alpha value is -3.61. The van der Waals surface area contributed by atoms with Crippen molar-refractivity contribution in [1.29, 1.82) is 0 Å². The molecule has 156 valence electrons. The summed E-state index contributed by atoms with van der Waals surface area (Å²) >= 11 is 0. The molecule has 7 nitrogen and oxygen atoms in total. The van der Waals surface area contributed by atoms with E-state index in [1.54, 1.807) is 48.5 Å². The minimum Gasteiger partial charge on any atom is -0.490 e. The van der Waals surface area contributed by atoms with Crippen LogP contribution >= 0.6 is 0 Å². The Morgan fingerprint density at radius 1 is 1.07 bits per heavy atom. The molecule has 0 bridgehead atoms. The van der Waals surface area contributed by atoms with E-state index < -0.39 is 18.0 Å². The molecule has 0 aliphatic carbocycles. The molecule has 0 fully saturated rings. The molecule has 1 aliphatic rings. The van der Waals surface area contributed by atoms with Gasteiger partial charge in [0.1, 0.15) is 0 Å². The van der Waals surface area contributed by atoms with Gasteiger partial charge in [-0.2, -0.15) is 0 Å². The molecule has 2 aromatic rings. The van der Waals surface area contributed by atoms with Crippen LogP contribution in [0.25, 0.3) is 6.08 Å². The van der Waals surface area contributed by atoms with Crippen molar-refractivity contribution in [3.63, 3.8) is 0 Å². The van der Waals surface area contributed by atoms with E-state index in [9.17, 15) is 14.4 Å². The van der Waals surface area contributed by atoms with Gasteiger partial charge in [0.15, 0.2) is 23.4 Å². The van der Waals surface area contributed by atoms with Gasteiger partial charge in [-0.25, -0.2) is 4.79 Å². The van der Waals surface area contributed by atoms with Gasteiger partial charge in [0.05, 0.1) is 13.2 Å². The smallest absolute Gasteiger partial charge is 0.331 e. The minimum absolute atomic E-state index is 0.106. The highest BCUT2D eigenvalue weighted by molar-refractivity contribution is 5.99. The molecule has 30 heavy (non-hydrogen) atoms. The lowest BCUT2D eigenvalue weighted by atomic mass is 10.1. The van der Waals surface area contributed by atoms with E-state index in [0.29, 0.717) is 36.0 Å². The van der Waals surface area contributed by atoms with E-state index in [0.717, 1.165) is 12.0 Å². The molecule has 0 radical (unpaired) electrons. The summed E-state index contributed by atoms with van der Waals surface area (Å²) < 4.78 is 16.4. The fourth-order valence-corrected chi connectivity index (χ4v) is 2.77. The van der Waals surface area contributed by atoms with Crippen LogP contribution in [0.5, 0.6) is 11.5 Å². The summed E-state index contributed by atoms with van der Waals surface area (Å²) in [6, 6.07) is 11.9. The number of ether oxygens (including phenoxy) is 3. The van der Waals surface area contributed by atoms with Crippen molar-refractivity contribution >= 4 is 29.4 Å². The van der Waals surface area contributed by atoms with E-state index in [1.807, 2.05) is 0 Å². The quantitative estimate of drug-likeness (QED) is 0.445. The summed E-state index contributed by atoms with van der Waals surface area (Å²) in [7, 11) is 0. The summed E-state index contributed by atoms with van der Waals surface area (Å²) in [6.07, 6.45) is 2.63.